The zero-order chi connectivity index (χ0) is 21.7. The molecular weight excluding hydrogens is 520 g/mol. The van der Waals surface area contributed by atoms with Crippen LogP contribution in [0.4, 0.5) is 10.1 Å². The third-order valence-electron chi connectivity index (χ3n) is 7.21. The fraction of sp³-hybridized carbons (Fsp3) is 0.708. The first-order valence-electron chi connectivity index (χ1n) is 11.9. The van der Waals surface area contributed by atoms with Gasteiger partial charge in [-0.15, -0.1) is 24.0 Å². The van der Waals surface area contributed by atoms with E-state index in [4.69, 9.17) is 4.74 Å². The fourth-order valence-electron chi connectivity index (χ4n) is 5.36. The quantitative estimate of drug-likeness (QED) is 0.329. The zero-order valence-corrected chi connectivity index (χ0v) is 21.9. The Morgan fingerprint density at radius 3 is 2.66 bits per heavy atom. The maximum absolute atomic E-state index is 14.4. The van der Waals surface area contributed by atoms with Crippen molar-refractivity contribution in [2.24, 2.45) is 4.99 Å². The summed E-state index contributed by atoms with van der Waals surface area (Å²) in [5, 5.41) is 7.24. The molecule has 0 bridgehead atoms. The lowest BCUT2D eigenvalue weighted by molar-refractivity contribution is -0.0164. The second kappa shape index (κ2) is 11.8. The molecule has 3 saturated heterocycles. The van der Waals surface area contributed by atoms with Crippen molar-refractivity contribution in [3.63, 3.8) is 0 Å². The number of guanidine groups is 1. The largest absolute Gasteiger partial charge is 0.381 e. The second-order valence-corrected chi connectivity index (χ2v) is 9.34. The van der Waals surface area contributed by atoms with Gasteiger partial charge in [-0.25, -0.2) is 4.39 Å². The van der Waals surface area contributed by atoms with Crippen LogP contribution in [0.1, 0.15) is 44.1 Å². The van der Waals surface area contributed by atoms with E-state index in [9.17, 15) is 4.39 Å². The molecule has 6 nitrogen and oxygen atoms in total. The Morgan fingerprint density at radius 1 is 1.19 bits per heavy atom. The molecule has 1 unspecified atom stereocenters. The number of rotatable bonds is 5. The molecule has 4 rings (SSSR count). The summed E-state index contributed by atoms with van der Waals surface area (Å²) in [6.07, 6.45) is 6.83. The lowest BCUT2D eigenvalue weighted by Gasteiger charge is -2.45. The van der Waals surface area contributed by atoms with Gasteiger partial charge in [-0.3, -0.25) is 9.89 Å². The van der Waals surface area contributed by atoms with E-state index in [1.54, 1.807) is 6.07 Å². The minimum Gasteiger partial charge on any atom is -0.381 e. The number of aryl methyl sites for hydroxylation is 1. The maximum Gasteiger partial charge on any atom is 0.191 e. The first kappa shape index (κ1) is 25.5. The van der Waals surface area contributed by atoms with Gasteiger partial charge in [-0.2, -0.15) is 0 Å². The number of halogens is 2. The van der Waals surface area contributed by atoms with Crippen LogP contribution in [-0.4, -0.2) is 75.4 Å². The van der Waals surface area contributed by atoms with E-state index in [-0.39, 0.29) is 41.4 Å². The Morgan fingerprint density at radius 2 is 1.94 bits per heavy atom. The van der Waals surface area contributed by atoms with E-state index >= 15 is 0 Å². The number of piperidine rings is 1. The van der Waals surface area contributed by atoms with Crippen molar-refractivity contribution in [2.45, 2.75) is 57.0 Å². The number of nitrogens with zero attached hydrogens (tertiary/aromatic N) is 3. The molecule has 8 heteroatoms. The Bertz CT molecular complexity index is 765. The van der Waals surface area contributed by atoms with Gasteiger partial charge in [0, 0.05) is 51.5 Å². The number of nitrogens with one attached hydrogen (secondary N) is 2. The van der Waals surface area contributed by atoms with Crippen LogP contribution in [0.3, 0.4) is 0 Å². The van der Waals surface area contributed by atoms with Gasteiger partial charge in [0.05, 0.1) is 5.69 Å². The topological polar surface area (TPSA) is 52.1 Å². The summed E-state index contributed by atoms with van der Waals surface area (Å²) in [5.41, 5.74) is 1.97. The van der Waals surface area contributed by atoms with Crippen molar-refractivity contribution in [1.82, 2.24) is 15.5 Å². The number of hydrogen-bond donors (Lipinski definition) is 2. The van der Waals surface area contributed by atoms with Gasteiger partial charge < -0.3 is 20.3 Å². The number of aliphatic imine (C=N–C) groups is 1. The lowest BCUT2D eigenvalue weighted by Crippen LogP contribution is -2.60. The Kier molecular flexibility index (Phi) is 9.43. The highest BCUT2D eigenvalue weighted by Crippen LogP contribution is 2.31. The summed E-state index contributed by atoms with van der Waals surface area (Å²) in [7, 11) is 1.84. The van der Waals surface area contributed by atoms with Gasteiger partial charge in [-0.1, -0.05) is 6.07 Å². The highest BCUT2D eigenvalue weighted by Gasteiger charge is 2.39. The minimum atomic E-state index is -0.138. The predicted octanol–water partition coefficient (Wildman–Crippen LogP) is 3.53. The Hall–Kier alpha value is -1.13. The minimum absolute atomic E-state index is 0. The van der Waals surface area contributed by atoms with Crippen LogP contribution in [0.25, 0.3) is 0 Å². The second-order valence-electron chi connectivity index (χ2n) is 9.34. The first-order chi connectivity index (χ1) is 15.1. The molecule has 3 aliphatic rings. The molecule has 0 spiro atoms. The van der Waals surface area contributed by atoms with Crippen molar-refractivity contribution < 1.29 is 9.13 Å². The number of ether oxygens (including phenoxy) is 1. The smallest absolute Gasteiger partial charge is 0.191 e. The van der Waals surface area contributed by atoms with Crippen molar-refractivity contribution in [3.05, 3.63) is 29.6 Å². The van der Waals surface area contributed by atoms with Crippen LogP contribution in [-0.2, 0) is 4.74 Å². The fourth-order valence-corrected chi connectivity index (χ4v) is 5.36. The Labute approximate surface area is 209 Å². The molecule has 1 aromatic rings. The standard InChI is InChI=1S/C24H38FN5O.HI/c1-19-7-8-21(25)22(16-19)29-11-5-6-20(17-29)28-23(26-2)27-18-24(9-14-31-15-10-24)30-12-3-4-13-30;/h7-8,16,20H,3-6,9-15,17-18H2,1-2H3,(H2,26,27,28);1H. The highest BCUT2D eigenvalue weighted by atomic mass is 127. The van der Waals surface area contributed by atoms with Gasteiger partial charge in [0.2, 0.25) is 0 Å². The predicted molar refractivity (Wildman–Crippen MR) is 140 cm³/mol. The number of hydrogen-bond acceptors (Lipinski definition) is 4. The van der Waals surface area contributed by atoms with Crippen molar-refractivity contribution >= 4 is 35.6 Å². The summed E-state index contributed by atoms with van der Waals surface area (Å²) >= 11 is 0. The summed E-state index contributed by atoms with van der Waals surface area (Å²) in [6, 6.07) is 5.61. The molecule has 0 aromatic heterocycles. The van der Waals surface area contributed by atoms with Gasteiger partial charge >= 0.3 is 0 Å². The first-order valence-corrected chi connectivity index (χ1v) is 11.9. The lowest BCUT2D eigenvalue weighted by atomic mass is 9.88. The molecule has 3 heterocycles. The SMILES string of the molecule is CN=C(NCC1(N2CCCC2)CCOCC1)NC1CCCN(c2cc(C)ccc2F)C1.I. The van der Waals surface area contributed by atoms with E-state index in [0.29, 0.717) is 5.69 Å². The molecule has 0 radical (unpaired) electrons. The summed E-state index contributed by atoms with van der Waals surface area (Å²) < 4.78 is 20.1. The monoisotopic (exact) mass is 559 g/mol. The highest BCUT2D eigenvalue weighted by molar-refractivity contribution is 14.0. The van der Waals surface area contributed by atoms with Crippen LogP contribution in [0.2, 0.25) is 0 Å². The molecule has 0 amide bonds. The molecule has 1 atom stereocenters. The molecule has 3 fully saturated rings. The van der Waals surface area contributed by atoms with Crippen LogP contribution in [0.5, 0.6) is 0 Å². The third-order valence-corrected chi connectivity index (χ3v) is 7.21. The van der Waals surface area contributed by atoms with Gasteiger partial charge in [0.25, 0.3) is 0 Å². The van der Waals surface area contributed by atoms with Gasteiger partial charge in [-0.05, 0) is 76.2 Å². The summed E-state index contributed by atoms with van der Waals surface area (Å²) in [4.78, 5) is 9.34. The van der Waals surface area contributed by atoms with Crippen LogP contribution < -0.4 is 15.5 Å². The molecule has 32 heavy (non-hydrogen) atoms. The average Bonchev–Trinajstić information content (AvgIpc) is 3.35. The van der Waals surface area contributed by atoms with Crippen LogP contribution in [0.15, 0.2) is 23.2 Å². The van der Waals surface area contributed by atoms with E-state index in [1.165, 1.54) is 25.9 Å². The number of likely N-dealkylation sites (tertiary alicyclic amines) is 1. The molecule has 180 valence electrons. The van der Waals surface area contributed by atoms with Crippen molar-refractivity contribution in [2.75, 3.05) is 57.9 Å². The Balaban J connectivity index is 0.00000289. The summed E-state index contributed by atoms with van der Waals surface area (Å²) in [6.45, 7) is 8.63. The average molecular weight is 560 g/mol. The van der Waals surface area contributed by atoms with Crippen molar-refractivity contribution in [1.29, 1.82) is 0 Å². The van der Waals surface area contributed by atoms with E-state index < -0.39 is 0 Å². The summed E-state index contributed by atoms with van der Waals surface area (Å²) in [5.74, 6) is 0.711. The van der Waals surface area contributed by atoms with E-state index in [0.717, 1.165) is 70.1 Å². The van der Waals surface area contributed by atoms with Crippen LogP contribution in [0, 0.1) is 12.7 Å². The van der Waals surface area contributed by atoms with E-state index in [1.807, 2.05) is 26.1 Å². The van der Waals surface area contributed by atoms with Crippen LogP contribution >= 0.6 is 24.0 Å². The zero-order valence-electron chi connectivity index (χ0n) is 19.5. The normalized spacial score (nSPS) is 24.2. The van der Waals surface area contributed by atoms with Gasteiger partial charge in [0.1, 0.15) is 5.82 Å². The van der Waals surface area contributed by atoms with Crippen molar-refractivity contribution in [3.8, 4) is 0 Å². The molecular formula is C24H39FIN5O. The molecule has 0 saturated carbocycles. The molecule has 3 aliphatic heterocycles. The van der Waals surface area contributed by atoms with E-state index in [2.05, 4.69) is 25.4 Å². The number of anilines is 1. The molecule has 2 N–H and O–H groups in total. The number of benzene rings is 1. The molecule has 0 aliphatic carbocycles. The third kappa shape index (κ3) is 6.05. The van der Waals surface area contributed by atoms with Gasteiger partial charge in [0.15, 0.2) is 5.96 Å². The maximum atomic E-state index is 14.4. The molecule has 1 aromatic carbocycles.